The number of pyridine rings is 1. The van der Waals surface area contributed by atoms with E-state index in [0.29, 0.717) is 16.9 Å². The molecule has 33 heavy (non-hydrogen) atoms. The number of hydrogen-bond acceptors (Lipinski definition) is 7. The molecule has 0 spiro atoms. The van der Waals surface area contributed by atoms with Gasteiger partial charge in [0.2, 0.25) is 0 Å². The number of halogens is 1. The van der Waals surface area contributed by atoms with Crippen molar-refractivity contribution in [1.29, 1.82) is 0 Å². The van der Waals surface area contributed by atoms with E-state index < -0.39 is 5.54 Å². The average Bonchev–Trinajstić information content (AvgIpc) is 3.22. The molecule has 3 N–H and O–H groups in total. The smallest absolute Gasteiger partial charge is 0.290 e. The Morgan fingerprint density at radius 2 is 1.82 bits per heavy atom. The highest BCUT2D eigenvalue weighted by Crippen LogP contribution is 2.41. The largest absolute Gasteiger partial charge is 0.496 e. The van der Waals surface area contributed by atoms with Crippen LogP contribution < -0.4 is 15.2 Å². The summed E-state index contributed by atoms with van der Waals surface area (Å²) < 4.78 is 30.9. The Bertz CT molecular complexity index is 1180. The molecular weight excluding hydrogens is 429 g/mol. The molecule has 0 radical (unpaired) electrons. The van der Waals surface area contributed by atoms with Crippen LogP contribution in [0.1, 0.15) is 16.7 Å². The molecule has 1 aliphatic heterocycles. The zero-order valence-electron chi connectivity index (χ0n) is 18.4. The number of rotatable bonds is 5. The number of carboxylic acid groups (broad SMARTS) is 1. The molecule has 0 aliphatic carbocycles. The Morgan fingerprint density at radius 1 is 1.12 bits per heavy atom. The van der Waals surface area contributed by atoms with Gasteiger partial charge < -0.3 is 25.1 Å². The van der Waals surface area contributed by atoms with E-state index in [-0.39, 0.29) is 24.9 Å². The first-order valence-electron chi connectivity index (χ1n) is 9.89. The highest BCUT2D eigenvalue weighted by molar-refractivity contribution is 5.76. The fraction of sp³-hybridized carbons (Fsp3) is 0.208. The predicted octanol–water partition coefficient (Wildman–Crippen LogP) is 3.50. The third kappa shape index (κ3) is 4.72. The van der Waals surface area contributed by atoms with Gasteiger partial charge in [0, 0.05) is 17.3 Å². The highest BCUT2D eigenvalue weighted by atomic mass is 19.1. The van der Waals surface area contributed by atoms with Crippen LogP contribution in [0.4, 0.5) is 4.39 Å². The summed E-state index contributed by atoms with van der Waals surface area (Å²) in [4.78, 5) is 17.1. The van der Waals surface area contributed by atoms with Crippen molar-refractivity contribution in [3.05, 3.63) is 77.4 Å². The molecule has 9 heteroatoms. The van der Waals surface area contributed by atoms with Crippen LogP contribution in [-0.4, -0.2) is 43.4 Å². The summed E-state index contributed by atoms with van der Waals surface area (Å²) >= 11 is 0. The lowest BCUT2D eigenvalue weighted by Gasteiger charge is -2.26. The van der Waals surface area contributed by atoms with Crippen LogP contribution in [0.15, 0.2) is 59.9 Å². The maximum Gasteiger partial charge on any atom is 0.290 e. The van der Waals surface area contributed by atoms with E-state index in [4.69, 9.17) is 29.8 Å². The third-order valence-electron chi connectivity index (χ3n) is 5.31. The minimum absolute atomic E-state index is 0.0948. The second-order valence-electron chi connectivity index (χ2n) is 7.20. The van der Waals surface area contributed by atoms with Crippen molar-refractivity contribution >= 4 is 12.5 Å². The summed E-state index contributed by atoms with van der Waals surface area (Å²) in [5.74, 6) is 0.946. The molecule has 2 heterocycles. The summed E-state index contributed by atoms with van der Waals surface area (Å²) in [5.41, 5.74) is 8.59. The Hall–Kier alpha value is -4.14. The van der Waals surface area contributed by atoms with Gasteiger partial charge in [-0.1, -0.05) is 12.1 Å². The van der Waals surface area contributed by atoms with Crippen molar-refractivity contribution in [1.82, 2.24) is 4.98 Å². The highest BCUT2D eigenvalue weighted by Gasteiger charge is 2.40. The van der Waals surface area contributed by atoms with Gasteiger partial charge in [0.05, 0.1) is 20.4 Å². The molecule has 4 rings (SSSR count). The Balaban J connectivity index is 0.000000968. The van der Waals surface area contributed by atoms with Crippen LogP contribution in [0, 0.1) is 12.7 Å². The zero-order valence-corrected chi connectivity index (χ0v) is 18.4. The minimum Gasteiger partial charge on any atom is -0.496 e. The van der Waals surface area contributed by atoms with Gasteiger partial charge >= 0.3 is 0 Å². The number of methoxy groups -OCH3 is 2. The van der Waals surface area contributed by atoms with Gasteiger partial charge in [-0.25, -0.2) is 9.38 Å². The molecule has 0 saturated heterocycles. The van der Waals surface area contributed by atoms with Crippen molar-refractivity contribution in [3.63, 3.8) is 0 Å². The van der Waals surface area contributed by atoms with Crippen molar-refractivity contribution < 1.29 is 28.5 Å². The van der Waals surface area contributed by atoms with Gasteiger partial charge in [-0.2, -0.15) is 0 Å². The lowest BCUT2D eigenvalue weighted by Crippen LogP contribution is -2.27. The fourth-order valence-corrected chi connectivity index (χ4v) is 3.71. The van der Waals surface area contributed by atoms with Crippen LogP contribution >= 0.6 is 0 Å². The first-order valence-corrected chi connectivity index (χ1v) is 9.89. The third-order valence-corrected chi connectivity index (χ3v) is 5.31. The van der Waals surface area contributed by atoms with E-state index in [2.05, 4.69) is 9.98 Å². The first-order chi connectivity index (χ1) is 15.9. The summed E-state index contributed by atoms with van der Waals surface area (Å²) in [6.07, 6.45) is 3.17. The zero-order chi connectivity index (χ0) is 24.0. The van der Waals surface area contributed by atoms with Crippen LogP contribution in [0.2, 0.25) is 0 Å². The van der Waals surface area contributed by atoms with Crippen molar-refractivity contribution in [2.24, 2.45) is 10.7 Å². The van der Waals surface area contributed by atoms with Crippen LogP contribution in [0.25, 0.3) is 11.1 Å². The Labute approximate surface area is 190 Å². The molecule has 1 aromatic heterocycles. The molecule has 0 fully saturated rings. The quantitative estimate of drug-likeness (QED) is 0.568. The normalized spacial score (nSPS) is 16.7. The lowest BCUT2D eigenvalue weighted by atomic mass is 9.82. The lowest BCUT2D eigenvalue weighted by molar-refractivity contribution is -0.122. The number of ether oxygens (including phenoxy) is 3. The molecule has 1 atom stereocenters. The Morgan fingerprint density at radius 3 is 2.42 bits per heavy atom. The van der Waals surface area contributed by atoms with Crippen molar-refractivity contribution in [3.8, 4) is 22.6 Å². The van der Waals surface area contributed by atoms with Crippen LogP contribution in [0.5, 0.6) is 11.5 Å². The molecule has 172 valence electrons. The number of nitrogens with zero attached hydrogens (tertiary/aromatic N) is 2. The fourth-order valence-electron chi connectivity index (χ4n) is 3.71. The number of hydrogen-bond donors (Lipinski definition) is 2. The maximum absolute atomic E-state index is 14.8. The molecule has 1 unspecified atom stereocenters. The topological polar surface area (TPSA) is 116 Å². The van der Waals surface area contributed by atoms with Crippen molar-refractivity contribution in [2.75, 3.05) is 20.8 Å². The Kier molecular flexibility index (Phi) is 7.12. The number of aromatic nitrogens is 1. The average molecular weight is 453 g/mol. The number of amidine groups is 1. The molecule has 8 nitrogen and oxygen atoms in total. The molecule has 2 aromatic carbocycles. The van der Waals surface area contributed by atoms with E-state index in [1.54, 1.807) is 44.8 Å². The standard InChI is InChI=1S/C23H22FN3O3.CH2O2/c1-14-8-16(5-7-21(14)29-3)23(13-30-22(25)27-23)17-4-6-20(24)19(10-17)15-9-18(28-2)12-26-11-15;2-1-3/h4-12H,13H2,1-3H3,(H2,25,27);1H,(H,2,3). The molecule has 1 aliphatic rings. The predicted molar refractivity (Wildman–Crippen MR) is 121 cm³/mol. The molecule has 0 amide bonds. The minimum atomic E-state index is -0.893. The van der Waals surface area contributed by atoms with E-state index in [1.165, 1.54) is 6.07 Å². The summed E-state index contributed by atoms with van der Waals surface area (Å²) in [5, 5.41) is 6.89. The second kappa shape index (κ2) is 9.99. The van der Waals surface area contributed by atoms with Crippen LogP contribution in [-0.2, 0) is 15.1 Å². The van der Waals surface area contributed by atoms with E-state index in [9.17, 15) is 4.39 Å². The van der Waals surface area contributed by atoms with E-state index in [1.807, 2.05) is 25.1 Å². The van der Waals surface area contributed by atoms with E-state index >= 15 is 0 Å². The van der Waals surface area contributed by atoms with Gasteiger partial charge in [0.15, 0.2) is 5.54 Å². The molecular formula is C24H24FN3O5. The first kappa shape index (κ1) is 23.5. The van der Waals surface area contributed by atoms with E-state index in [0.717, 1.165) is 22.4 Å². The number of aryl methyl sites for hydroxylation is 1. The monoisotopic (exact) mass is 453 g/mol. The number of benzene rings is 2. The van der Waals surface area contributed by atoms with Crippen LogP contribution in [0.3, 0.4) is 0 Å². The van der Waals surface area contributed by atoms with Gasteiger partial charge in [-0.05, 0) is 53.9 Å². The molecule has 3 aromatic rings. The van der Waals surface area contributed by atoms with Gasteiger partial charge in [-0.3, -0.25) is 9.78 Å². The van der Waals surface area contributed by atoms with Gasteiger partial charge in [0.1, 0.15) is 23.9 Å². The number of carbonyl (C=O) groups is 1. The summed E-state index contributed by atoms with van der Waals surface area (Å²) in [6.45, 7) is 1.92. The summed E-state index contributed by atoms with van der Waals surface area (Å²) in [6, 6.07) is 12.5. The SMILES string of the molecule is COc1cncc(-c2cc(C3(c4ccc(OC)c(C)c4)COC(N)=N3)ccc2F)c1.O=CO. The van der Waals surface area contributed by atoms with Gasteiger partial charge in [-0.15, -0.1) is 0 Å². The maximum atomic E-state index is 14.8. The van der Waals surface area contributed by atoms with Crippen molar-refractivity contribution in [2.45, 2.75) is 12.5 Å². The molecule has 0 saturated carbocycles. The number of aliphatic imine (C=N–C) groups is 1. The number of nitrogens with two attached hydrogens (primary N) is 1. The summed E-state index contributed by atoms with van der Waals surface area (Å²) in [7, 11) is 3.17. The second-order valence-corrected chi connectivity index (χ2v) is 7.20. The van der Waals surface area contributed by atoms with Gasteiger partial charge in [0.25, 0.3) is 12.5 Å². The molecule has 0 bridgehead atoms.